The van der Waals surface area contributed by atoms with Crippen LogP contribution in [0.2, 0.25) is 0 Å². The standard InChI is InChI=1S/C12H19N3O3S/c1-3-18-11(16)8-9(13)14-19-10(8)15-6-4-5-12(2,17)7-15/h17H,3-7H2,1-2H3,(H2,13,14). The Morgan fingerprint density at radius 2 is 2.42 bits per heavy atom. The van der Waals surface area contributed by atoms with Gasteiger partial charge in [-0.2, -0.15) is 4.37 Å². The van der Waals surface area contributed by atoms with Gasteiger partial charge in [0.25, 0.3) is 0 Å². The number of aromatic nitrogens is 1. The van der Waals surface area contributed by atoms with Crippen molar-refractivity contribution >= 4 is 28.3 Å². The van der Waals surface area contributed by atoms with Crippen molar-refractivity contribution in [1.29, 1.82) is 0 Å². The third-order valence-electron chi connectivity index (χ3n) is 3.14. The summed E-state index contributed by atoms with van der Waals surface area (Å²) in [4.78, 5) is 13.9. The molecule has 0 aromatic carbocycles. The van der Waals surface area contributed by atoms with Crippen molar-refractivity contribution in [2.24, 2.45) is 0 Å². The minimum absolute atomic E-state index is 0.198. The molecule has 1 aromatic rings. The Labute approximate surface area is 116 Å². The first-order valence-corrected chi connectivity index (χ1v) is 7.11. The molecule has 1 fully saturated rings. The van der Waals surface area contributed by atoms with Crippen LogP contribution in [0.5, 0.6) is 0 Å². The van der Waals surface area contributed by atoms with Gasteiger partial charge in [-0.3, -0.25) is 0 Å². The van der Waals surface area contributed by atoms with Crippen molar-refractivity contribution in [1.82, 2.24) is 4.37 Å². The van der Waals surface area contributed by atoms with Crippen LogP contribution in [-0.2, 0) is 4.74 Å². The first-order chi connectivity index (χ1) is 8.94. The van der Waals surface area contributed by atoms with Gasteiger partial charge in [0.15, 0.2) is 5.82 Å². The minimum atomic E-state index is -0.747. The van der Waals surface area contributed by atoms with Crippen LogP contribution in [0.4, 0.5) is 10.8 Å². The van der Waals surface area contributed by atoms with Crippen molar-refractivity contribution in [3.05, 3.63) is 5.56 Å². The monoisotopic (exact) mass is 285 g/mol. The number of ether oxygens (including phenoxy) is 1. The molecule has 1 aliphatic rings. The van der Waals surface area contributed by atoms with E-state index in [0.717, 1.165) is 19.4 Å². The first-order valence-electron chi connectivity index (χ1n) is 6.34. The number of hydrogen-bond acceptors (Lipinski definition) is 7. The number of carbonyl (C=O) groups is 1. The van der Waals surface area contributed by atoms with E-state index in [1.54, 1.807) is 13.8 Å². The molecule has 6 nitrogen and oxygen atoms in total. The summed E-state index contributed by atoms with van der Waals surface area (Å²) in [6, 6.07) is 0. The van der Waals surface area contributed by atoms with Crippen LogP contribution < -0.4 is 10.6 Å². The van der Waals surface area contributed by atoms with Gasteiger partial charge in [-0.05, 0) is 38.2 Å². The Morgan fingerprint density at radius 3 is 3.05 bits per heavy atom. The maximum absolute atomic E-state index is 11.9. The van der Waals surface area contributed by atoms with E-state index < -0.39 is 11.6 Å². The number of esters is 1. The van der Waals surface area contributed by atoms with E-state index in [1.807, 2.05) is 4.90 Å². The topological polar surface area (TPSA) is 88.7 Å². The van der Waals surface area contributed by atoms with E-state index in [0.29, 0.717) is 23.7 Å². The third kappa shape index (κ3) is 2.98. The Hall–Kier alpha value is -1.34. The van der Waals surface area contributed by atoms with Gasteiger partial charge in [0.05, 0.1) is 12.2 Å². The number of nitrogen functional groups attached to an aromatic ring is 1. The van der Waals surface area contributed by atoms with Crippen molar-refractivity contribution in [2.75, 3.05) is 30.3 Å². The predicted octanol–water partition coefficient (Wildman–Crippen LogP) is 1.25. The molecule has 1 aromatic heterocycles. The van der Waals surface area contributed by atoms with E-state index in [1.165, 1.54) is 11.5 Å². The Kier molecular flexibility index (Phi) is 3.96. The van der Waals surface area contributed by atoms with Crippen LogP contribution in [0.3, 0.4) is 0 Å². The van der Waals surface area contributed by atoms with Gasteiger partial charge in [0.2, 0.25) is 0 Å². The van der Waals surface area contributed by atoms with Crippen molar-refractivity contribution < 1.29 is 14.6 Å². The lowest BCUT2D eigenvalue weighted by Crippen LogP contribution is -2.46. The summed E-state index contributed by atoms with van der Waals surface area (Å²) in [5.41, 5.74) is 5.33. The maximum atomic E-state index is 11.9. The summed E-state index contributed by atoms with van der Waals surface area (Å²) in [5.74, 6) is -0.252. The van der Waals surface area contributed by atoms with E-state index >= 15 is 0 Å². The molecule has 0 radical (unpaired) electrons. The molecule has 1 unspecified atom stereocenters. The number of anilines is 2. The minimum Gasteiger partial charge on any atom is -0.462 e. The maximum Gasteiger partial charge on any atom is 0.345 e. The van der Waals surface area contributed by atoms with E-state index in [4.69, 9.17) is 10.5 Å². The lowest BCUT2D eigenvalue weighted by atomic mass is 9.95. The SMILES string of the molecule is CCOC(=O)c1c(N)nsc1N1CCCC(C)(O)C1. The number of nitrogens with two attached hydrogens (primary N) is 1. The molecule has 7 heteroatoms. The molecule has 19 heavy (non-hydrogen) atoms. The first kappa shape index (κ1) is 14.1. The fraction of sp³-hybridized carbons (Fsp3) is 0.667. The molecule has 1 aliphatic heterocycles. The highest BCUT2D eigenvalue weighted by Crippen LogP contribution is 2.34. The van der Waals surface area contributed by atoms with Crippen LogP contribution in [0.15, 0.2) is 0 Å². The molecular formula is C12H19N3O3S. The third-order valence-corrected chi connectivity index (χ3v) is 4.07. The molecule has 106 valence electrons. The van der Waals surface area contributed by atoms with Crippen LogP contribution in [0, 0.1) is 0 Å². The van der Waals surface area contributed by atoms with Gasteiger partial charge in [-0.15, -0.1) is 0 Å². The Morgan fingerprint density at radius 1 is 1.68 bits per heavy atom. The highest BCUT2D eigenvalue weighted by Gasteiger charge is 2.32. The highest BCUT2D eigenvalue weighted by molar-refractivity contribution is 7.11. The number of carbonyl (C=O) groups excluding carboxylic acids is 1. The normalized spacial score (nSPS) is 23.4. The largest absolute Gasteiger partial charge is 0.462 e. The van der Waals surface area contributed by atoms with Crippen LogP contribution in [-0.4, -0.2) is 40.7 Å². The molecule has 2 rings (SSSR count). The molecule has 0 bridgehead atoms. The second-order valence-corrected chi connectivity index (χ2v) is 5.74. The van der Waals surface area contributed by atoms with Crippen molar-refractivity contribution in [3.63, 3.8) is 0 Å². The molecule has 1 atom stereocenters. The van der Waals surface area contributed by atoms with Gasteiger partial charge in [-0.25, -0.2) is 4.79 Å². The second-order valence-electron chi connectivity index (χ2n) is 4.99. The zero-order chi connectivity index (χ0) is 14.0. The summed E-state index contributed by atoms with van der Waals surface area (Å²) in [6.07, 6.45) is 1.62. The van der Waals surface area contributed by atoms with Crippen LogP contribution in [0.25, 0.3) is 0 Å². The number of hydrogen-bond donors (Lipinski definition) is 2. The Balaban J connectivity index is 2.27. The molecule has 0 aliphatic carbocycles. The number of aliphatic hydroxyl groups is 1. The summed E-state index contributed by atoms with van der Waals surface area (Å²) >= 11 is 1.18. The molecule has 0 spiro atoms. The molecule has 1 saturated heterocycles. The molecule has 3 N–H and O–H groups in total. The highest BCUT2D eigenvalue weighted by atomic mass is 32.1. The number of piperidine rings is 1. The summed E-state index contributed by atoms with van der Waals surface area (Å²) in [6.45, 7) is 5.10. The van der Waals surface area contributed by atoms with Gasteiger partial charge in [0, 0.05) is 13.1 Å². The molecule has 0 amide bonds. The van der Waals surface area contributed by atoms with Crippen LogP contribution >= 0.6 is 11.5 Å². The van der Waals surface area contributed by atoms with Crippen molar-refractivity contribution in [3.8, 4) is 0 Å². The zero-order valence-corrected chi connectivity index (χ0v) is 12.0. The lowest BCUT2D eigenvalue weighted by Gasteiger charge is -2.37. The number of rotatable bonds is 3. The quantitative estimate of drug-likeness (QED) is 0.813. The summed E-state index contributed by atoms with van der Waals surface area (Å²) in [7, 11) is 0. The summed E-state index contributed by atoms with van der Waals surface area (Å²) < 4.78 is 9.05. The van der Waals surface area contributed by atoms with Gasteiger partial charge in [-0.1, -0.05) is 0 Å². The van der Waals surface area contributed by atoms with E-state index in [9.17, 15) is 9.90 Å². The fourth-order valence-corrected chi connectivity index (χ4v) is 3.12. The van der Waals surface area contributed by atoms with Crippen LogP contribution in [0.1, 0.15) is 37.0 Å². The molecule has 2 heterocycles. The zero-order valence-electron chi connectivity index (χ0n) is 11.2. The fourth-order valence-electron chi connectivity index (χ4n) is 2.30. The molecular weight excluding hydrogens is 266 g/mol. The number of nitrogens with zero attached hydrogens (tertiary/aromatic N) is 2. The van der Waals surface area contributed by atoms with Crippen molar-refractivity contribution in [2.45, 2.75) is 32.3 Å². The summed E-state index contributed by atoms with van der Waals surface area (Å²) in [5, 5.41) is 10.8. The second kappa shape index (κ2) is 5.34. The molecule has 0 saturated carbocycles. The lowest BCUT2D eigenvalue weighted by molar-refractivity contribution is 0.0442. The average molecular weight is 285 g/mol. The van der Waals surface area contributed by atoms with E-state index in [2.05, 4.69) is 4.37 Å². The predicted molar refractivity (Wildman–Crippen MR) is 74.6 cm³/mol. The van der Waals surface area contributed by atoms with Gasteiger partial charge >= 0.3 is 5.97 Å². The average Bonchev–Trinajstić information content (AvgIpc) is 2.70. The Bertz CT molecular complexity index is 473. The van der Waals surface area contributed by atoms with E-state index in [-0.39, 0.29) is 5.82 Å². The van der Waals surface area contributed by atoms with Gasteiger partial charge < -0.3 is 20.5 Å². The smallest absolute Gasteiger partial charge is 0.345 e. The number of β-amino-alcohol motifs (C(OH)–C–C–N with tert-alkyl or cyclic N) is 1. The van der Waals surface area contributed by atoms with Gasteiger partial charge in [0.1, 0.15) is 10.6 Å².